The zero-order chi connectivity index (χ0) is 20.4. The average molecular weight is 397 g/mol. The summed E-state index contributed by atoms with van der Waals surface area (Å²) in [5.41, 5.74) is 7.04. The van der Waals surface area contributed by atoms with Gasteiger partial charge in [-0.15, -0.1) is 0 Å². The number of rotatable bonds is 5. The number of nitrogens with two attached hydrogens (primary N) is 1. The zero-order valence-electron chi connectivity index (χ0n) is 16.2. The van der Waals surface area contributed by atoms with Crippen molar-refractivity contribution in [2.45, 2.75) is 50.7 Å². The molecule has 1 aliphatic rings. The highest BCUT2D eigenvalue weighted by molar-refractivity contribution is 5.91. The van der Waals surface area contributed by atoms with E-state index in [0.717, 1.165) is 36.4 Å². The lowest BCUT2D eigenvalue weighted by molar-refractivity contribution is -0.122. The van der Waals surface area contributed by atoms with Gasteiger partial charge in [0.15, 0.2) is 17.5 Å². The number of nitrogens with zero attached hydrogens (tertiary/aromatic N) is 3. The van der Waals surface area contributed by atoms with Crippen LogP contribution in [0.2, 0.25) is 0 Å². The molecule has 0 saturated heterocycles. The molecule has 4 rings (SSSR count). The molecule has 1 fully saturated rings. The monoisotopic (exact) mass is 397 g/mol. The molecule has 5 N–H and O–H groups in total. The van der Waals surface area contributed by atoms with Crippen molar-refractivity contribution in [3.63, 3.8) is 0 Å². The SMILES string of the molecule is CCC(=O)N[C@@H]1CCCC[C@@]1(N)Nc1nc(-c2c[nH]c3ncccc23)ncc1F. The van der Waals surface area contributed by atoms with Crippen LogP contribution >= 0.6 is 0 Å². The normalized spacial score (nSPS) is 21.8. The lowest BCUT2D eigenvalue weighted by atomic mass is 9.84. The summed E-state index contributed by atoms with van der Waals surface area (Å²) in [5.74, 6) is -0.290. The molecule has 1 saturated carbocycles. The van der Waals surface area contributed by atoms with E-state index in [-0.39, 0.29) is 17.8 Å². The lowest BCUT2D eigenvalue weighted by Crippen LogP contribution is -2.64. The van der Waals surface area contributed by atoms with Crippen molar-refractivity contribution in [3.8, 4) is 11.4 Å². The van der Waals surface area contributed by atoms with E-state index >= 15 is 0 Å². The summed E-state index contributed by atoms with van der Waals surface area (Å²) < 4.78 is 14.6. The summed E-state index contributed by atoms with van der Waals surface area (Å²) in [6, 6.07) is 3.41. The Kier molecular flexibility index (Phi) is 5.14. The van der Waals surface area contributed by atoms with Crippen LogP contribution < -0.4 is 16.4 Å². The van der Waals surface area contributed by atoms with Crippen molar-refractivity contribution >= 4 is 22.8 Å². The van der Waals surface area contributed by atoms with Gasteiger partial charge in [0.05, 0.1) is 12.2 Å². The second kappa shape index (κ2) is 7.75. The topological polar surface area (TPSA) is 122 Å². The third-order valence-electron chi connectivity index (χ3n) is 5.40. The molecular weight excluding hydrogens is 373 g/mol. The fraction of sp³-hybridized carbons (Fsp3) is 0.400. The Balaban J connectivity index is 1.66. The van der Waals surface area contributed by atoms with Crippen molar-refractivity contribution in [2.75, 3.05) is 5.32 Å². The third-order valence-corrected chi connectivity index (χ3v) is 5.40. The van der Waals surface area contributed by atoms with Crippen LogP contribution in [-0.4, -0.2) is 37.5 Å². The summed E-state index contributed by atoms with van der Waals surface area (Å²) in [6.07, 6.45) is 8.09. The van der Waals surface area contributed by atoms with Crippen molar-refractivity contribution in [1.29, 1.82) is 0 Å². The van der Waals surface area contributed by atoms with Gasteiger partial charge in [-0.05, 0) is 31.4 Å². The molecule has 0 bridgehead atoms. The first-order valence-corrected chi connectivity index (χ1v) is 9.81. The number of aromatic amines is 1. The molecule has 8 nitrogen and oxygen atoms in total. The van der Waals surface area contributed by atoms with Crippen LogP contribution in [0.5, 0.6) is 0 Å². The van der Waals surface area contributed by atoms with E-state index in [1.165, 1.54) is 0 Å². The van der Waals surface area contributed by atoms with Gasteiger partial charge in [-0.25, -0.2) is 19.3 Å². The molecule has 0 unspecified atom stereocenters. The predicted octanol–water partition coefficient (Wildman–Crippen LogP) is 2.69. The van der Waals surface area contributed by atoms with Crippen LogP contribution in [0.3, 0.4) is 0 Å². The molecule has 3 aromatic heterocycles. The highest BCUT2D eigenvalue weighted by Crippen LogP contribution is 2.30. The summed E-state index contributed by atoms with van der Waals surface area (Å²) in [4.78, 5) is 27.8. The van der Waals surface area contributed by atoms with Crippen molar-refractivity contribution in [3.05, 3.63) is 36.5 Å². The quantitative estimate of drug-likeness (QED) is 0.491. The molecule has 0 aliphatic heterocycles. The lowest BCUT2D eigenvalue weighted by Gasteiger charge is -2.42. The highest BCUT2D eigenvalue weighted by Gasteiger charge is 2.39. The molecule has 1 amide bonds. The first-order valence-electron chi connectivity index (χ1n) is 9.81. The number of fused-ring (bicyclic) bond motifs is 1. The average Bonchev–Trinajstić information content (AvgIpc) is 3.15. The van der Waals surface area contributed by atoms with Gasteiger partial charge in [-0.2, -0.15) is 0 Å². The number of carbonyl (C=O) groups is 1. The number of aromatic nitrogens is 4. The first kappa shape index (κ1) is 19.3. The number of anilines is 1. The molecule has 3 heterocycles. The Morgan fingerprint density at radius 3 is 3.10 bits per heavy atom. The molecule has 0 aromatic carbocycles. The van der Waals surface area contributed by atoms with Crippen molar-refractivity contribution < 1.29 is 9.18 Å². The number of H-pyrrole nitrogens is 1. The fourth-order valence-electron chi connectivity index (χ4n) is 3.79. The smallest absolute Gasteiger partial charge is 0.220 e. The molecule has 1 aliphatic carbocycles. The number of halogens is 1. The summed E-state index contributed by atoms with van der Waals surface area (Å²) in [5, 5.41) is 6.87. The summed E-state index contributed by atoms with van der Waals surface area (Å²) >= 11 is 0. The van der Waals surface area contributed by atoms with Gasteiger partial charge in [0.25, 0.3) is 0 Å². The molecule has 2 atom stereocenters. The molecular formula is C20H24FN7O. The second-order valence-electron chi connectivity index (χ2n) is 7.38. The van der Waals surface area contributed by atoms with Gasteiger partial charge in [0.2, 0.25) is 5.91 Å². The van der Waals surface area contributed by atoms with Crippen LogP contribution in [0.1, 0.15) is 39.0 Å². The minimum atomic E-state index is -0.989. The van der Waals surface area contributed by atoms with E-state index in [1.807, 2.05) is 12.1 Å². The highest BCUT2D eigenvalue weighted by atomic mass is 19.1. The number of hydrogen-bond donors (Lipinski definition) is 4. The molecule has 0 radical (unpaired) electrons. The fourth-order valence-corrected chi connectivity index (χ4v) is 3.79. The van der Waals surface area contributed by atoms with Gasteiger partial charge in [0, 0.05) is 29.8 Å². The van der Waals surface area contributed by atoms with Gasteiger partial charge >= 0.3 is 0 Å². The van der Waals surface area contributed by atoms with E-state index < -0.39 is 11.5 Å². The minimum Gasteiger partial charge on any atom is -0.350 e. The maximum Gasteiger partial charge on any atom is 0.220 e. The molecule has 9 heteroatoms. The molecule has 0 spiro atoms. The van der Waals surface area contributed by atoms with E-state index in [2.05, 4.69) is 30.6 Å². The van der Waals surface area contributed by atoms with E-state index in [4.69, 9.17) is 5.73 Å². The van der Waals surface area contributed by atoms with Crippen molar-refractivity contribution in [1.82, 2.24) is 25.3 Å². The van der Waals surface area contributed by atoms with Crippen LogP contribution in [0, 0.1) is 5.82 Å². The number of nitrogens with one attached hydrogen (secondary N) is 3. The van der Waals surface area contributed by atoms with Gasteiger partial charge in [0.1, 0.15) is 11.3 Å². The Labute approximate surface area is 167 Å². The maximum absolute atomic E-state index is 14.6. The minimum absolute atomic E-state index is 0.0217. The number of amides is 1. The Morgan fingerprint density at radius 1 is 1.41 bits per heavy atom. The van der Waals surface area contributed by atoms with E-state index in [0.29, 0.717) is 24.3 Å². The number of pyridine rings is 1. The Bertz CT molecular complexity index is 1040. The zero-order valence-corrected chi connectivity index (χ0v) is 16.2. The second-order valence-corrected chi connectivity index (χ2v) is 7.38. The Morgan fingerprint density at radius 2 is 2.28 bits per heavy atom. The standard InChI is InChI=1S/C20H24FN7O/c1-2-16(29)26-15-7-3-4-8-20(15,22)28-19-14(21)11-25-18(27-19)13-10-24-17-12(13)6-5-9-23-17/h5-6,9-11,15H,2-4,7-8,22H2,1H3,(H,23,24)(H,26,29)(H,25,27,28)/t15-,20-/m1/s1. The van der Waals surface area contributed by atoms with Crippen LogP contribution in [-0.2, 0) is 4.79 Å². The van der Waals surface area contributed by atoms with Crippen LogP contribution in [0.25, 0.3) is 22.4 Å². The van der Waals surface area contributed by atoms with E-state index in [9.17, 15) is 9.18 Å². The van der Waals surface area contributed by atoms with Gasteiger partial charge < -0.3 is 21.4 Å². The van der Waals surface area contributed by atoms with Crippen LogP contribution in [0.15, 0.2) is 30.7 Å². The van der Waals surface area contributed by atoms with E-state index in [1.54, 1.807) is 19.3 Å². The summed E-state index contributed by atoms with van der Waals surface area (Å²) in [6.45, 7) is 1.79. The van der Waals surface area contributed by atoms with Crippen molar-refractivity contribution in [2.24, 2.45) is 5.73 Å². The first-order chi connectivity index (χ1) is 14.0. The predicted molar refractivity (Wildman–Crippen MR) is 108 cm³/mol. The number of carbonyl (C=O) groups excluding carboxylic acids is 1. The van der Waals surface area contributed by atoms with Gasteiger partial charge in [-0.1, -0.05) is 13.3 Å². The summed E-state index contributed by atoms with van der Waals surface area (Å²) in [7, 11) is 0. The number of hydrogen-bond acceptors (Lipinski definition) is 6. The largest absolute Gasteiger partial charge is 0.350 e. The maximum atomic E-state index is 14.6. The van der Waals surface area contributed by atoms with Gasteiger partial charge in [-0.3, -0.25) is 4.79 Å². The third kappa shape index (κ3) is 3.77. The molecule has 3 aromatic rings. The van der Waals surface area contributed by atoms with Crippen LogP contribution in [0.4, 0.5) is 10.2 Å². The Hall–Kier alpha value is -3.07. The molecule has 29 heavy (non-hydrogen) atoms. The molecule has 152 valence electrons.